The fourth-order valence-corrected chi connectivity index (χ4v) is 3.93. The average molecular weight is 357 g/mol. The molecule has 1 aromatic rings. The van der Waals surface area contributed by atoms with Crippen LogP contribution in [0.5, 0.6) is 0 Å². The van der Waals surface area contributed by atoms with E-state index in [2.05, 4.69) is 11.2 Å². The van der Waals surface area contributed by atoms with Crippen LogP contribution in [0.1, 0.15) is 0 Å². The summed E-state index contributed by atoms with van der Waals surface area (Å²) in [5.41, 5.74) is 0. The highest BCUT2D eigenvalue weighted by Gasteiger charge is 2.33. The molecule has 1 fully saturated rings. The quantitative estimate of drug-likeness (QED) is 0.755. The molecule has 6 nitrogen and oxygen atoms in total. The Bertz CT molecular complexity index is 733. The largest absolute Gasteiger partial charge is 0.344 e. The van der Waals surface area contributed by atoms with Gasteiger partial charge in [-0.05, 0) is 12.1 Å². The number of terminal acetylenes is 1. The molecule has 1 N–H and O–H groups in total. The third-order valence-electron chi connectivity index (χ3n) is 3.60. The van der Waals surface area contributed by atoms with Gasteiger partial charge in [0.1, 0.15) is 11.6 Å². The number of sulfonamides is 1. The summed E-state index contributed by atoms with van der Waals surface area (Å²) in [4.78, 5) is 12.4. The van der Waals surface area contributed by atoms with Gasteiger partial charge >= 0.3 is 0 Å². The van der Waals surface area contributed by atoms with Gasteiger partial charge in [0.15, 0.2) is 4.90 Å². The summed E-state index contributed by atoms with van der Waals surface area (Å²) < 4.78 is 53.4. The van der Waals surface area contributed by atoms with Crippen molar-refractivity contribution in [1.29, 1.82) is 0 Å². The van der Waals surface area contributed by atoms with Gasteiger partial charge in [-0.25, -0.2) is 17.2 Å². The Morgan fingerprint density at radius 3 is 2.33 bits per heavy atom. The second-order valence-electron chi connectivity index (χ2n) is 5.21. The minimum absolute atomic E-state index is 0.0402. The highest BCUT2D eigenvalue weighted by molar-refractivity contribution is 7.89. The number of benzene rings is 1. The molecule has 1 aliphatic heterocycles. The number of carbonyl (C=O) groups excluding carboxylic acids is 1. The van der Waals surface area contributed by atoms with Gasteiger partial charge in [0.05, 0.1) is 13.1 Å². The van der Waals surface area contributed by atoms with Crippen molar-refractivity contribution in [3.63, 3.8) is 0 Å². The number of rotatable bonds is 5. The molecule has 0 radical (unpaired) electrons. The van der Waals surface area contributed by atoms with Crippen LogP contribution in [0, 0.1) is 24.0 Å². The molecule has 1 heterocycles. The van der Waals surface area contributed by atoms with Crippen LogP contribution >= 0.6 is 0 Å². The Morgan fingerprint density at radius 1 is 1.21 bits per heavy atom. The van der Waals surface area contributed by atoms with E-state index >= 15 is 0 Å². The zero-order valence-corrected chi connectivity index (χ0v) is 13.7. The molecule has 0 atom stereocenters. The first-order chi connectivity index (χ1) is 11.4. The van der Waals surface area contributed by atoms with Crippen molar-refractivity contribution in [3.8, 4) is 12.3 Å². The van der Waals surface area contributed by atoms with Gasteiger partial charge in [0.25, 0.3) is 0 Å². The molecule has 0 bridgehead atoms. The van der Waals surface area contributed by atoms with Crippen LogP contribution in [-0.4, -0.2) is 62.8 Å². The second kappa shape index (κ2) is 7.70. The first kappa shape index (κ1) is 18.3. The zero-order chi connectivity index (χ0) is 17.7. The monoisotopic (exact) mass is 357 g/mol. The number of amides is 1. The Labute approximate surface area is 139 Å². The first-order valence-corrected chi connectivity index (χ1v) is 8.67. The van der Waals surface area contributed by atoms with Crippen molar-refractivity contribution < 1.29 is 22.0 Å². The lowest BCUT2D eigenvalue weighted by molar-refractivity contribution is -0.122. The molecule has 0 saturated carbocycles. The minimum Gasteiger partial charge on any atom is -0.344 e. The van der Waals surface area contributed by atoms with Gasteiger partial charge in [-0.2, -0.15) is 4.31 Å². The fourth-order valence-electron chi connectivity index (χ4n) is 2.39. The van der Waals surface area contributed by atoms with Crippen molar-refractivity contribution in [1.82, 2.24) is 14.5 Å². The summed E-state index contributed by atoms with van der Waals surface area (Å²) in [7, 11) is -4.26. The van der Waals surface area contributed by atoms with Crippen LogP contribution in [0.2, 0.25) is 0 Å². The fraction of sp³-hybridized carbons (Fsp3) is 0.400. The molecule has 1 saturated heterocycles. The first-order valence-electron chi connectivity index (χ1n) is 7.23. The molecule has 24 heavy (non-hydrogen) atoms. The number of hydrogen-bond donors (Lipinski definition) is 1. The topological polar surface area (TPSA) is 69.7 Å². The van der Waals surface area contributed by atoms with E-state index in [1.165, 1.54) is 0 Å². The van der Waals surface area contributed by atoms with Crippen molar-refractivity contribution in [2.45, 2.75) is 4.90 Å². The van der Waals surface area contributed by atoms with E-state index in [0.29, 0.717) is 0 Å². The van der Waals surface area contributed by atoms with Crippen molar-refractivity contribution >= 4 is 15.9 Å². The molecular weight excluding hydrogens is 340 g/mol. The van der Waals surface area contributed by atoms with E-state index in [4.69, 9.17) is 6.42 Å². The molecule has 130 valence electrons. The van der Waals surface area contributed by atoms with Crippen molar-refractivity contribution in [3.05, 3.63) is 29.8 Å². The van der Waals surface area contributed by atoms with Crippen LogP contribution in [-0.2, 0) is 14.8 Å². The molecule has 0 aliphatic carbocycles. The van der Waals surface area contributed by atoms with E-state index in [9.17, 15) is 22.0 Å². The van der Waals surface area contributed by atoms with E-state index < -0.39 is 26.6 Å². The molecule has 0 spiro atoms. The lowest BCUT2D eigenvalue weighted by Crippen LogP contribution is -2.51. The number of nitrogens with zero attached hydrogens (tertiary/aromatic N) is 2. The summed E-state index contributed by atoms with van der Waals surface area (Å²) in [6.45, 7) is 0.845. The number of carbonyl (C=O) groups is 1. The smallest absolute Gasteiger partial charge is 0.249 e. The van der Waals surface area contributed by atoms with Gasteiger partial charge < -0.3 is 5.32 Å². The third-order valence-corrected chi connectivity index (χ3v) is 5.55. The van der Waals surface area contributed by atoms with Gasteiger partial charge in [0.2, 0.25) is 15.9 Å². The van der Waals surface area contributed by atoms with Gasteiger partial charge in [-0.3, -0.25) is 9.69 Å². The summed E-state index contributed by atoms with van der Waals surface area (Å²) in [6, 6.07) is 2.92. The van der Waals surface area contributed by atoms with E-state index in [0.717, 1.165) is 22.5 Å². The summed E-state index contributed by atoms with van der Waals surface area (Å²) in [5, 5.41) is 2.51. The standard InChI is InChI=1S/C15H17F2N3O3S/c1-2-6-18-14(21)11-19-7-9-20(10-8-19)24(22,23)15-12(16)4-3-5-13(15)17/h1,3-5H,6-11H2,(H,18,21). The lowest BCUT2D eigenvalue weighted by atomic mass is 10.3. The maximum atomic E-state index is 13.7. The van der Waals surface area contributed by atoms with Gasteiger partial charge in [0, 0.05) is 26.2 Å². The van der Waals surface area contributed by atoms with Crippen LogP contribution in [0.4, 0.5) is 8.78 Å². The lowest BCUT2D eigenvalue weighted by Gasteiger charge is -2.33. The summed E-state index contributed by atoms with van der Waals surface area (Å²) in [5.74, 6) is -0.216. The Hall–Kier alpha value is -2.02. The number of piperazine rings is 1. The summed E-state index contributed by atoms with van der Waals surface area (Å²) in [6.07, 6.45) is 5.04. The zero-order valence-electron chi connectivity index (χ0n) is 12.8. The Kier molecular flexibility index (Phi) is 5.88. The third kappa shape index (κ3) is 4.08. The molecular formula is C15H17F2N3O3S. The van der Waals surface area contributed by atoms with Crippen molar-refractivity contribution in [2.24, 2.45) is 0 Å². The number of halogens is 2. The molecule has 0 aromatic heterocycles. The van der Waals surface area contributed by atoms with E-state index in [1.807, 2.05) is 0 Å². The molecule has 9 heteroatoms. The Morgan fingerprint density at radius 2 is 1.79 bits per heavy atom. The molecule has 1 amide bonds. The minimum atomic E-state index is -4.26. The molecule has 1 aliphatic rings. The highest BCUT2D eigenvalue weighted by atomic mass is 32.2. The van der Waals surface area contributed by atoms with Crippen LogP contribution in [0.15, 0.2) is 23.1 Å². The summed E-state index contributed by atoms with van der Waals surface area (Å²) >= 11 is 0. The van der Waals surface area contributed by atoms with Crippen LogP contribution in [0.25, 0.3) is 0 Å². The highest BCUT2D eigenvalue weighted by Crippen LogP contribution is 2.23. The maximum Gasteiger partial charge on any atom is 0.249 e. The second-order valence-corrected chi connectivity index (χ2v) is 7.09. The van der Waals surface area contributed by atoms with E-state index in [1.54, 1.807) is 4.90 Å². The van der Waals surface area contributed by atoms with Crippen LogP contribution < -0.4 is 5.32 Å². The number of hydrogen-bond acceptors (Lipinski definition) is 4. The Balaban J connectivity index is 2.01. The molecule has 1 aromatic carbocycles. The maximum absolute atomic E-state index is 13.7. The SMILES string of the molecule is C#CCNC(=O)CN1CCN(S(=O)(=O)c2c(F)cccc2F)CC1. The molecule has 2 rings (SSSR count). The normalized spacial score (nSPS) is 16.5. The predicted molar refractivity (Wildman–Crippen MR) is 83.4 cm³/mol. The molecule has 0 unspecified atom stereocenters. The van der Waals surface area contributed by atoms with E-state index in [-0.39, 0.29) is 45.2 Å². The number of nitrogens with one attached hydrogen (secondary N) is 1. The average Bonchev–Trinajstić information content (AvgIpc) is 2.53. The van der Waals surface area contributed by atoms with Gasteiger partial charge in [-0.1, -0.05) is 12.0 Å². The van der Waals surface area contributed by atoms with Gasteiger partial charge in [-0.15, -0.1) is 6.42 Å². The predicted octanol–water partition coefficient (Wildman–Crippen LogP) is 0.0205. The van der Waals surface area contributed by atoms with Crippen molar-refractivity contribution in [2.75, 3.05) is 39.3 Å². The van der Waals surface area contributed by atoms with Crippen LogP contribution in [0.3, 0.4) is 0 Å².